The van der Waals surface area contributed by atoms with Crippen molar-refractivity contribution in [2.75, 3.05) is 20.2 Å². The molecule has 6 nitrogen and oxygen atoms in total. The second-order valence-corrected chi connectivity index (χ2v) is 9.33. The zero-order valence-corrected chi connectivity index (χ0v) is 19.8. The SMILES string of the molecule is COc1ccc([C@H]2[C@@H](C(=O)O)c3ccccc3C(=O)N2C2CCN(Cc3ccccc3)CC2)cc1. The highest BCUT2D eigenvalue weighted by atomic mass is 16.5. The predicted octanol–water partition coefficient (Wildman–Crippen LogP) is 4.73. The second kappa shape index (κ2) is 9.92. The Kier molecular flexibility index (Phi) is 6.55. The fraction of sp³-hybridized carbons (Fsp3) is 0.310. The number of hydrogen-bond donors (Lipinski definition) is 1. The Morgan fingerprint density at radius 2 is 1.60 bits per heavy atom. The van der Waals surface area contributed by atoms with Crippen LogP contribution >= 0.6 is 0 Å². The molecular weight excluding hydrogens is 440 g/mol. The number of benzene rings is 3. The number of nitrogens with zero attached hydrogens (tertiary/aromatic N) is 2. The van der Waals surface area contributed by atoms with E-state index in [0.29, 0.717) is 16.9 Å². The second-order valence-electron chi connectivity index (χ2n) is 9.33. The van der Waals surface area contributed by atoms with Gasteiger partial charge in [0.1, 0.15) is 11.7 Å². The molecule has 3 aromatic carbocycles. The van der Waals surface area contributed by atoms with E-state index in [0.717, 1.165) is 38.0 Å². The van der Waals surface area contributed by atoms with Crippen LogP contribution in [0.5, 0.6) is 5.75 Å². The molecule has 0 unspecified atom stereocenters. The maximum atomic E-state index is 13.9. The van der Waals surface area contributed by atoms with E-state index in [1.165, 1.54) is 5.56 Å². The molecule has 0 aliphatic carbocycles. The molecule has 0 saturated carbocycles. The Balaban J connectivity index is 1.47. The molecule has 0 spiro atoms. The lowest BCUT2D eigenvalue weighted by Gasteiger charge is -2.47. The fourth-order valence-electron chi connectivity index (χ4n) is 5.57. The van der Waals surface area contributed by atoms with E-state index in [-0.39, 0.29) is 11.9 Å². The minimum Gasteiger partial charge on any atom is -0.497 e. The Hall–Kier alpha value is -3.64. The number of hydrogen-bond acceptors (Lipinski definition) is 4. The standard InChI is InChI=1S/C29H30N2O4/c1-35-23-13-11-21(12-14-23)27-26(29(33)34)24-9-5-6-10-25(24)28(32)31(27)22-15-17-30(18-16-22)19-20-7-3-2-4-8-20/h2-14,22,26-27H,15-19H2,1H3,(H,33,34)/t26-,27-/m0/s1. The number of carboxylic acids is 1. The summed E-state index contributed by atoms with van der Waals surface area (Å²) in [6.45, 7) is 2.60. The molecule has 180 valence electrons. The summed E-state index contributed by atoms with van der Waals surface area (Å²) in [7, 11) is 1.60. The number of carbonyl (C=O) groups is 2. The summed E-state index contributed by atoms with van der Waals surface area (Å²) in [5.74, 6) is -1.14. The number of carboxylic acid groups (broad SMARTS) is 1. The van der Waals surface area contributed by atoms with Crippen molar-refractivity contribution in [2.24, 2.45) is 0 Å². The molecule has 2 aliphatic rings. The van der Waals surface area contributed by atoms with E-state index in [2.05, 4.69) is 29.2 Å². The molecule has 1 fully saturated rings. The molecule has 3 aromatic rings. The van der Waals surface area contributed by atoms with Gasteiger partial charge in [0, 0.05) is 31.2 Å². The zero-order chi connectivity index (χ0) is 24.4. The largest absolute Gasteiger partial charge is 0.497 e. The smallest absolute Gasteiger partial charge is 0.313 e. The lowest BCUT2D eigenvalue weighted by atomic mass is 9.78. The Morgan fingerprint density at radius 3 is 2.26 bits per heavy atom. The van der Waals surface area contributed by atoms with Crippen LogP contribution in [0.15, 0.2) is 78.9 Å². The third-order valence-corrected chi connectivity index (χ3v) is 7.30. The van der Waals surface area contributed by atoms with Gasteiger partial charge in [-0.3, -0.25) is 14.5 Å². The van der Waals surface area contributed by atoms with E-state index >= 15 is 0 Å². The average Bonchev–Trinajstić information content (AvgIpc) is 2.90. The number of likely N-dealkylation sites (tertiary alicyclic amines) is 1. The fourth-order valence-corrected chi connectivity index (χ4v) is 5.57. The predicted molar refractivity (Wildman–Crippen MR) is 133 cm³/mol. The molecule has 0 bridgehead atoms. The Bertz CT molecular complexity index is 1190. The van der Waals surface area contributed by atoms with Crippen molar-refractivity contribution < 1.29 is 19.4 Å². The van der Waals surface area contributed by atoms with Gasteiger partial charge in [-0.05, 0) is 47.7 Å². The third-order valence-electron chi connectivity index (χ3n) is 7.30. The number of ether oxygens (including phenoxy) is 1. The van der Waals surface area contributed by atoms with E-state index in [9.17, 15) is 14.7 Å². The number of piperidine rings is 1. The lowest BCUT2D eigenvalue weighted by molar-refractivity contribution is -0.141. The van der Waals surface area contributed by atoms with E-state index < -0.39 is 17.9 Å². The highest BCUT2D eigenvalue weighted by Gasteiger charge is 2.47. The van der Waals surface area contributed by atoms with E-state index in [4.69, 9.17) is 4.74 Å². The quantitative estimate of drug-likeness (QED) is 0.564. The van der Waals surface area contributed by atoms with Crippen molar-refractivity contribution in [3.05, 3.63) is 101 Å². The number of amides is 1. The highest BCUT2D eigenvalue weighted by molar-refractivity contribution is 6.00. The summed E-state index contributed by atoms with van der Waals surface area (Å²) in [5, 5.41) is 10.4. The van der Waals surface area contributed by atoms with Crippen molar-refractivity contribution in [1.29, 1.82) is 0 Å². The molecule has 2 atom stereocenters. The van der Waals surface area contributed by atoms with Gasteiger partial charge in [-0.2, -0.15) is 0 Å². The van der Waals surface area contributed by atoms with Crippen molar-refractivity contribution in [3.63, 3.8) is 0 Å². The Morgan fingerprint density at radius 1 is 0.943 bits per heavy atom. The summed E-state index contributed by atoms with van der Waals surface area (Å²) in [6, 6.07) is 24.4. The van der Waals surface area contributed by atoms with Crippen molar-refractivity contribution in [1.82, 2.24) is 9.80 Å². The molecular formula is C29H30N2O4. The van der Waals surface area contributed by atoms with Crippen LogP contribution in [0.2, 0.25) is 0 Å². The number of fused-ring (bicyclic) bond motifs is 1. The van der Waals surface area contributed by atoms with Crippen LogP contribution in [0.1, 0.15) is 51.8 Å². The lowest BCUT2D eigenvalue weighted by Crippen LogP contribution is -2.53. The van der Waals surface area contributed by atoms with Crippen molar-refractivity contribution in [2.45, 2.75) is 37.4 Å². The number of methoxy groups -OCH3 is 1. The maximum Gasteiger partial charge on any atom is 0.313 e. The summed E-state index contributed by atoms with van der Waals surface area (Å²) in [5.41, 5.74) is 3.17. The average molecular weight is 471 g/mol. The van der Waals surface area contributed by atoms with Crippen LogP contribution in [-0.2, 0) is 11.3 Å². The van der Waals surface area contributed by atoms with Crippen LogP contribution in [0.4, 0.5) is 0 Å². The number of rotatable bonds is 6. The molecule has 1 N–H and O–H groups in total. The molecule has 1 amide bonds. The Labute approximate surface area is 205 Å². The van der Waals surface area contributed by atoms with Crippen LogP contribution in [-0.4, -0.2) is 53.0 Å². The first-order valence-electron chi connectivity index (χ1n) is 12.1. The first kappa shape index (κ1) is 23.1. The van der Waals surface area contributed by atoms with Gasteiger partial charge in [0.2, 0.25) is 0 Å². The molecule has 1 saturated heterocycles. The van der Waals surface area contributed by atoms with Crippen LogP contribution in [0, 0.1) is 0 Å². The monoisotopic (exact) mass is 470 g/mol. The summed E-state index contributed by atoms with van der Waals surface area (Å²) >= 11 is 0. The summed E-state index contributed by atoms with van der Waals surface area (Å²) in [4.78, 5) is 30.8. The topological polar surface area (TPSA) is 70.1 Å². The van der Waals surface area contributed by atoms with Crippen LogP contribution in [0.25, 0.3) is 0 Å². The summed E-state index contributed by atoms with van der Waals surface area (Å²) in [6.07, 6.45) is 1.61. The zero-order valence-electron chi connectivity index (χ0n) is 19.8. The van der Waals surface area contributed by atoms with Crippen molar-refractivity contribution in [3.8, 4) is 5.75 Å². The minimum absolute atomic E-state index is 0.0307. The van der Waals surface area contributed by atoms with Gasteiger partial charge < -0.3 is 14.7 Å². The van der Waals surface area contributed by atoms with Gasteiger partial charge in [-0.25, -0.2) is 0 Å². The number of carbonyl (C=O) groups excluding carboxylic acids is 1. The minimum atomic E-state index is -0.919. The molecule has 2 heterocycles. The van der Waals surface area contributed by atoms with Gasteiger partial charge in [0.05, 0.1) is 13.2 Å². The van der Waals surface area contributed by atoms with Gasteiger partial charge in [0.15, 0.2) is 0 Å². The van der Waals surface area contributed by atoms with Crippen LogP contribution < -0.4 is 4.74 Å². The summed E-state index contributed by atoms with van der Waals surface area (Å²) < 4.78 is 5.31. The highest BCUT2D eigenvalue weighted by Crippen LogP contribution is 2.45. The number of aliphatic carboxylic acids is 1. The maximum absolute atomic E-state index is 13.9. The third kappa shape index (κ3) is 4.54. The molecule has 0 aromatic heterocycles. The first-order chi connectivity index (χ1) is 17.1. The van der Waals surface area contributed by atoms with Crippen LogP contribution in [0.3, 0.4) is 0 Å². The van der Waals surface area contributed by atoms with Gasteiger partial charge in [-0.15, -0.1) is 0 Å². The van der Waals surface area contributed by atoms with Gasteiger partial charge in [0.25, 0.3) is 5.91 Å². The molecule has 2 aliphatic heterocycles. The van der Waals surface area contributed by atoms with Gasteiger partial charge >= 0.3 is 5.97 Å². The molecule has 5 rings (SSSR count). The van der Waals surface area contributed by atoms with E-state index in [1.807, 2.05) is 47.4 Å². The van der Waals surface area contributed by atoms with E-state index in [1.54, 1.807) is 19.2 Å². The molecule has 35 heavy (non-hydrogen) atoms. The molecule has 6 heteroatoms. The first-order valence-corrected chi connectivity index (χ1v) is 12.1. The van der Waals surface area contributed by atoms with Crippen molar-refractivity contribution >= 4 is 11.9 Å². The normalized spacial score (nSPS) is 20.9. The van der Waals surface area contributed by atoms with Gasteiger partial charge in [-0.1, -0.05) is 60.7 Å². The molecule has 0 radical (unpaired) electrons.